The fourth-order valence-corrected chi connectivity index (χ4v) is 2.18. The number of nitrogens with zero attached hydrogens (tertiary/aromatic N) is 3. The molecule has 0 atom stereocenters. The topological polar surface area (TPSA) is 55.2 Å². The molecule has 1 fully saturated rings. The highest BCUT2D eigenvalue weighted by Crippen LogP contribution is 2.25. The maximum atomic E-state index is 12.0. The quantitative estimate of drug-likeness (QED) is 0.843. The Labute approximate surface area is 114 Å². The van der Waals surface area contributed by atoms with Gasteiger partial charge in [-0.1, -0.05) is 0 Å². The lowest BCUT2D eigenvalue weighted by molar-refractivity contribution is -0.131. The van der Waals surface area contributed by atoms with E-state index in [2.05, 4.69) is 20.9 Å². The van der Waals surface area contributed by atoms with Crippen molar-refractivity contribution in [2.24, 2.45) is 0 Å². The predicted molar refractivity (Wildman–Crippen MR) is 71.5 cm³/mol. The van der Waals surface area contributed by atoms with Gasteiger partial charge < -0.3 is 4.90 Å². The van der Waals surface area contributed by atoms with Gasteiger partial charge in [0.1, 0.15) is 6.54 Å². The first-order valence-electron chi connectivity index (χ1n) is 5.91. The van der Waals surface area contributed by atoms with Gasteiger partial charge in [-0.2, -0.15) is 4.98 Å². The highest BCUT2D eigenvalue weighted by Gasteiger charge is 2.29. The van der Waals surface area contributed by atoms with Crippen LogP contribution in [0.25, 0.3) is 0 Å². The van der Waals surface area contributed by atoms with Gasteiger partial charge in [0.25, 0.3) is 0 Å². The minimum Gasteiger partial charge on any atom is -0.341 e. The van der Waals surface area contributed by atoms with Crippen molar-refractivity contribution < 1.29 is 4.79 Å². The largest absolute Gasteiger partial charge is 0.348 e. The molecule has 1 heterocycles. The fourth-order valence-electron chi connectivity index (χ4n) is 1.88. The molecule has 0 N–H and O–H groups in total. The molecule has 18 heavy (non-hydrogen) atoms. The van der Waals surface area contributed by atoms with Gasteiger partial charge in [0.05, 0.1) is 10.2 Å². The Hall–Kier alpha value is -1.17. The van der Waals surface area contributed by atoms with Gasteiger partial charge in [0.15, 0.2) is 0 Å². The molecule has 2 rings (SSSR count). The first kappa shape index (κ1) is 13.3. The third kappa shape index (κ3) is 2.48. The highest BCUT2D eigenvalue weighted by molar-refractivity contribution is 9.10. The van der Waals surface area contributed by atoms with Crippen molar-refractivity contribution in [1.29, 1.82) is 0 Å². The molecule has 6 heteroatoms. The number of carbonyl (C=O) groups excluding carboxylic acids is 1. The molecule has 0 saturated heterocycles. The third-order valence-electron chi connectivity index (χ3n) is 3.32. The van der Waals surface area contributed by atoms with Gasteiger partial charge in [0, 0.05) is 18.8 Å². The Bertz CT molecular complexity index is 549. The smallest absolute Gasteiger partial charge is 0.341 e. The molecule has 1 aliphatic carbocycles. The summed E-state index contributed by atoms with van der Waals surface area (Å²) in [5.41, 5.74) is 1.02. The van der Waals surface area contributed by atoms with Crippen molar-refractivity contribution in [2.45, 2.75) is 39.3 Å². The summed E-state index contributed by atoms with van der Waals surface area (Å²) in [7, 11) is 1.79. The Morgan fingerprint density at radius 3 is 2.67 bits per heavy atom. The molecule has 1 saturated carbocycles. The number of hydrogen-bond donors (Lipinski definition) is 0. The minimum atomic E-state index is -0.370. The second-order valence-corrected chi connectivity index (χ2v) is 5.49. The lowest BCUT2D eigenvalue weighted by Crippen LogP contribution is -2.37. The van der Waals surface area contributed by atoms with Gasteiger partial charge in [-0.15, -0.1) is 0 Å². The van der Waals surface area contributed by atoms with Crippen molar-refractivity contribution in [2.75, 3.05) is 7.05 Å². The summed E-state index contributed by atoms with van der Waals surface area (Å²) in [6.45, 7) is 3.63. The van der Waals surface area contributed by atoms with Crippen LogP contribution in [0.4, 0.5) is 0 Å². The molecule has 0 unspecified atom stereocenters. The van der Waals surface area contributed by atoms with Crippen LogP contribution >= 0.6 is 15.9 Å². The van der Waals surface area contributed by atoms with Crippen molar-refractivity contribution in [3.63, 3.8) is 0 Å². The Kier molecular flexibility index (Phi) is 3.56. The number of hydrogen-bond acceptors (Lipinski definition) is 3. The zero-order chi connectivity index (χ0) is 13.4. The van der Waals surface area contributed by atoms with Crippen molar-refractivity contribution in [3.8, 4) is 0 Å². The second kappa shape index (κ2) is 4.84. The van der Waals surface area contributed by atoms with E-state index in [9.17, 15) is 9.59 Å². The number of carbonyl (C=O) groups is 1. The van der Waals surface area contributed by atoms with Crippen molar-refractivity contribution in [3.05, 3.63) is 26.3 Å². The van der Waals surface area contributed by atoms with Crippen LogP contribution in [0.5, 0.6) is 0 Å². The lowest BCUT2D eigenvalue weighted by atomic mass is 10.3. The van der Waals surface area contributed by atoms with Crippen LogP contribution < -0.4 is 5.69 Å². The monoisotopic (exact) mass is 313 g/mol. The van der Waals surface area contributed by atoms with E-state index in [1.807, 2.05) is 6.92 Å². The Morgan fingerprint density at radius 1 is 1.50 bits per heavy atom. The minimum absolute atomic E-state index is 0.0414. The van der Waals surface area contributed by atoms with Crippen LogP contribution in [0.3, 0.4) is 0 Å². The number of amides is 1. The van der Waals surface area contributed by atoms with Crippen molar-refractivity contribution >= 4 is 21.8 Å². The number of aryl methyl sites for hydroxylation is 1. The zero-order valence-electron chi connectivity index (χ0n) is 10.7. The van der Waals surface area contributed by atoms with E-state index >= 15 is 0 Å². The fraction of sp³-hybridized carbons (Fsp3) is 0.583. The SMILES string of the molecule is Cc1nc(=O)n(CC(=O)N(C)C2CC2)c(C)c1Br. The molecule has 5 nitrogen and oxygen atoms in total. The average Bonchev–Trinajstić information content (AvgIpc) is 3.14. The summed E-state index contributed by atoms with van der Waals surface area (Å²) in [4.78, 5) is 29.5. The summed E-state index contributed by atoms with van der Waals surface area (Å²) < 4.78 is 2.20. The molecule has 0 spiro atoms. The van der Waals surface area contributed by atoms with E-state index in [0.29, 0.717) is 11.7 Å². The summed E-state index contributed by atoms with van der Waals surface area (Å²) in [5, 5.41) is 0. The van der Waals surface area contributed by atoms with E-state index in [1.54, 1.807) is 18.9 Å². The van der Waals surface area contributed by atoms with E-state index in [1.165, 1.54) is 4.57 Å². The zero-order valence-corrected chi connectivity index (χ0v) is 12.3. The average molecular weight is 314 g/mol. The molecule has 1 aromatic heterocycles. The number of rotatable bonds is 3. The van der Waals surface area contributed by atoms with Crippen molar-refractivity contribution in [1.82, 2.24) is 14.5 Å². The highest BCUT2D eigenvalue weighted by atomic mass is 79.9. The first-order chi connectivity index (χ1) is 8.41. The molecule has 0 bridgehead atoms. The maximum absolute atomic E-state index is 12.0. The Balaban J connectivity index is 2.26. The van der Waals surface area contributed by atoms with E-state index in [4.69, 9.17) is 0 Å². The van der Waals surface area contributed by atoms with Gasteiger partial charge in [-0.3, -0.25) is 9.36 Å². The van der Waals surface area contributed by atoms with Crippen LogP contribution in [0.2, 0.25) is 0 Å². The normalized spacial score (nSPS) is 14.7. The van der Waals surface area contributed by atoms with E-state index in [-0.39, 0.29) is 18.1 Å². The van der Waals surface area contributed by atoms with Gasteiger partial charge in [-0.25, -0.2) is 4.79 Å². The molecule has 98 valence electrons. The number of halogens is 1. The second-order valence-electron chi connectivity index (χ2n) is 4.70. The van der Waals surface area contributed by atoms with Gasteiger partial charge >= 0.3 is 5.69 Å². The molecule has 1 aliphatic rings. The van der Waals surface area contributed by atoms with Crippen LogP contribution in [-0.2, 0) is 11.3 Å². The molecular weight excluding hydrogens is 298 g/mol. The van der Waals surface area contributed by atoms with Gasteiger partial charge in [0.2, 0.25) is 5.91 Å². The molecular formula is C12H16BrN3O2. The molecule has 1 aromatic rings. The van der Waals surface area contributed by atoms with Gasteiger partial charge in [-0.05, 0) is 42.6 Å². The summed E-state index contributed by atoms with van der Waals surface area (Å²) in [6, 6.07) is 0.357. The maximum Gasteiger partial charge on any atom is 0.348 e. The lowest BCUT2D eigenvalue weighted by Gasteiger charge is -2.18. The molecule has 0 aliphatic heterocycles. The molecule has 0 radical (unpaired) electrons. The first-order valence-corrected chi connectivity index (χ1v) is 6.70. The van der Waals surface area contributed by atoms with Crippen LogP contribution in [0.15, 0.2) is 9.27 Å². The standard InChI is InChI=1S/C12H16BrN3O2/c1-7-11(13)8(2)16(12(18)14-7)6-10(17)15(3)9-4-5-9/h9H,4-6H2,1-3H3. The number of aromatic nitrogens is 2. The summed E-state index contributed by atoms with van der Waals surface area (Å²) in [6.07, 6.45) is 2.12. The Morgan fingerprint density at radius 2 is 2.11 bits per heavy atom. The number of likely N-dealkylation sites (N-methyl/N-ethyl adjacent to an activating group) is 1. The van der Waals surface area contributed by atoms with Crippen LogP contribution in [-0.4, -0.2) is 33.4 Å². The summed E-state index contributed by atoms with van der Waals surface area (Å²) >= 11 is 3.39. The van der Waals surface area contributed by atoms with Crippen LogP contribution in [0, 0.1) is 13.8 Å². The molecule has 1 amide bonds. The van der Waals surface area contributed by atoms with E-state index in [0.717, 1.165) is 23.0 Å². The van der Waals surface area contributed by atoms with Crippen LogP contribution in [0.1, 0.15) is 24.2 Å². The third-order valence-corrected chi connectivity index (χ3v) is 4.46. The predicted octanol–water partition coefficient (Wildman–Crippen LogP) is 1.24. The van der Waals surface area contributed by atoms with E-state index < -0.39 is 0 Å². The molecule has 0 aromatic carbocycles. The summed E-state index contributed by atoms with van der Waals surface area (Å²) in [5.74, 6) is -0.0414.